The summed E-state index contributed by atoms with van der Waals surface area (Å²) in [5, 5.41) is 16.2. The van der Waals surface area contributed by atoms with E-state index in [0.717, 1.165) is 27.8 Å². The van der Waals surface area contributed by atoms with Gasteiger partial charge < -0.3 is 15.2 Å². The maximum Gasteiger partial charge on any atom is 0.407 e. The molecule has 1 unspecified atom stereocenters. The Bertz CT molecular complexity index is 1060. The summed E-state index contributed by atoms with van der Waals surface area (Å²) < 4.78 is 7.08. The van der Waals surface area contributed by atoms with E-state index in [0.29, 0.717) is 5.69 Å². The average Bonchev–Trinajstić information content (AvgIpc) is 3.22. The molecular formula is C23H23N3O4. The van der Waals surface area contributed by atoms with E-state index < -0.39 is 18.1 Å². The van der Waals surface area contributed by atoms with Crippen LogP contribution in [0.5, 0.6) is 0 Å². The number of aryl methyl sites for hydroxylation is 2. The third kappa shape index (κ3) is 3.78. The number of ether oxygens (including phenoxy) is 1. The van der Waals surface area contributed by atoms with Crippen molar-refractivity contribution < 1.29 is 19.4 Å². The van der Waals surface area contributed by atoms with Crippen molar-refractivity contribution in [2.75, 3.05) is 6.61 Å². The van der Waals surface area contributed by atoms with Gasteiger partial charge in [-0.15, -0.1) is 0 Å². The maximum atomic E-state index is 12.4. The zero-order valence-corrected chi connectivity index (χ0v) is 16.8. The number of hydrogen-bond acceptors (Lipinski definition) is 4. The van der Waals surface area contributed by atoms with E-state index in [1.807, 2.05) is 49.5 Å². The predicted molar refractivity (Wildman–Crippen MR) is 111 cm³/mol. The molecule has 0 aliphatic heterocycles. The number of amides is 1. The Morgan fingerprint density at radius 3 is 2.27 bits per heavy atom. The van der Waals surface area contributed by atoms with E-state index in [9.17, 15) is 14.7 Å². The fourth-order valence-electron chi connectivity index (χ4n) is 4.03. The first kappa shape index (κ1) is 19.7. The fourth-order valence-corrected chi connectivity index (χ4v) is 4.03. The number of carbonyl (C=O) groups excluding carboxylic acids is 1. The molecule has 1 aliphatic rings. The molecule has 1 aromatic heterocycles. The molecule has 7 heteroatoms. The molecule has 2 N–H and O–H groups in total. The molecule has 1 heterocycles. The molecule has 0 radical (unpaired) electrons. The Morgan fingerprint density at radius 2 is 1.73 bits per heavy atom. The Balaban J connectivity index is 1.44. The number of aliphatic carboxylic acids is 1. The van der Waals surface area contributed by atoms with Crippen LogP contribution in [0, 0.1) is 6.92 Å². The highest BCUT2D eigenvalue weighted by atomic mass is 16.5. The molecule has 0 fully saturated rings. The van der Waals surface area contributed by atoms with Crippen LogP contribution in [0.3, 0.4) is 0 Å². The molecule has 0 saturated heterocycles. The minimum atomic E-state index is -1.13. The van der Waals surface area contributed by atoms with Crippen LogP contribution in [-0.2, 0) is 23.0 Å². The van der Waals surface area contributed by atoms with Gasteiger partial charge in [0.15, 0.2) is 0 Å². The zero-order chi connectivity index (χ0) is 21.3. The molecule has 3 aromatic rings. The third-order valence-electron chi connectivity index (χ3n) is 5.45. The Morgan fingerprint density at radius 1 is 1.13 bits per heavy atom. The molecule has 7 nitrogen and oxygen atoms in total. The number of carboxylic acid groups (broad SMARTS) is 1. The lowest BCUT2D eigenvalue weighted by Gasteiger charge is -2.17. The Kier molecular flexibility index (Phi) is 5.27. The molecule has 0 spiro atoms. The normalized spacial score (nSPS) is 13.4. The topological polar surface area (TPSA) is 93.5 Å². The van der Waals surface area contributed by atoms with Crippen molar-refractivity contribution in [3.05, 3.63) is 77.1 Å². The Hall–Kier alpha value is -3.61. The van der Waals surface area contributed by atoms with Gasteiger partial charge in [-0.3, -0.25) is 4.68 Å². The largest absolute Gasteiger partial charge is 0.480 e. The summed E-state index contributed by atoms with van der Waals surface area (Å²) in [6.45, 7) is 1.99. The summed E-state index contributed by atoms with van der Waals surface area (Å²) in [6, 6.07) is 15.0. The quantitative estimate of drug-likeness (QED) is 0.657. The highest BCUT2D eigenvalue weighted by Gasteiger charge is 2.30. The number of nitrogens with one attached hydrogen (secondary N) is 1. The minimum Gasteiger partial charge on any atom is -0.480 e. The van der Waals surface area contributed by atoms with Crippen LogP contribution in [0.25, 0.3) is 11.1 Å². The summed E-state index contributed by atoms with van der Waals surface area (Å²) >= 11 is 0. The smallest absolute Gasteiger partial charge is 0.407 e. The van der Waals surface area contributed by atoms with Crippen molar-refractivity contribution in [3.8, 4) is 11.1 Å². The third-order valence-corrected chi connectivity index (χ3v) is 5.45. The molecule has 1 amide bonds. The van der Waals surface area contributed by atoms with Crippen molar-refractivity contribution in [1.82, 2.24) is 15.1 Å². The lowest BCUT2D eigenvalue weighted by Crippen LogP contribution is -2.43. The molecule has 2 aromatic carbocycles. The van der Waals surface area contributed by atoms with Crippen molar-refractivity contribution in [1.29, 1.82) is 0 Å². The van der Waals surface area contributed by atoms with E-state index in [4.69, 9.17) is 4.74 Å². The van der Waals surface area contributed by atoms with E-state index >= 15 is 0 Å². The van der Waals surface area contributed by atoms with Crippen LogP contribution in [0.2, 0.25) is 0 Å². The first-order chi connectivity index (χ1) is 14.4. The fraction of sp³-hybridized carbons (Fsp3) is 0.261. The monoisotopic (exact) mass is 405 g/mol. The average molecular weight is 405 g/mol. The van der Waals surface area contributed by atoms with E-state index in [2.05, 4.69) is 22.5 Å². The second-order valence-electron chi connectivity index (χ2n) is 7.50. The SMILES string of the molecule is Cc1cn(C)nc1CC(NC(=O)OCC1c2ccccc2-c2ccccc21)C(=O)O. The van der Waals surface area contributed by atoms with E-state index in [1.54, 1.807) is 11.7 Å². The molecule has 0 bridgehead atoms. The van der Waals surface area contributed by atoms with Gasteiger partial charge in [0.1, 0.15) is 12.6 Å². The van der Waals surface area contributed by atoms with Gasteiger partial charge in [0.05, 0.1) is 5.69 Å². The lowest BCUT2D eigenvalue weighted by molar-refractivity contribution is -0.139. The predicted octanol–water partition coefficient (Wildman–Crippen LogP) is 3.26. The van der Waals surface area contributed by atoms with Crippen LogP contribution in [0.15, 0.2) is 54.7 Å². The van der Waals surface area contributed by atoms with Crippen molar-refractivity contribution in [2.45, 2.75) is 25.3 Å². The highest BCUT2D eigenvalue weighted by molar-refractivity contribution is 5.81. The van der Waals surface area contributed by atoms with Gasteiger partial charge in [-0.25, -0.2) is 9.59 Å². The first-order valence-electron chi connectivity index (χ1n) is 9.77. The maximum absolute atomic E-state index is 12.4. The summed E-state index contributed by atoms with van der Waals surface area (Å²) in [4.78, 5) is 24.0. The van der Waals surface area contributed by atoms with Crippen LogP contribution in [-0.4, -0.2) is 39.6 Å². The van der Waals surface area contributed by atoms with Crippen LogP contribution < -0.4 is 5.32 Å². The second kappa shape index (κ2) is 8.02. The molecule has 1 atom stereocenters. The number of rotatable bonds is 6. The van der Waals surface area contributed by atoms with Gasteiger partial charge in [0.2, 0.25) is 0 Å². The Labute approximate surface area is 174 Å². The van der Waals surface area contributed by atoms with Crippen molar-refractivity contribution in [2.24, 2.45) is 7.05 Å². The molecule has 154 valence electrons. The molecule has 4 rings (SSSR count). The summed E-state index contributed by atoms with van der Waals surface area (Å²) in [5.41, 5.74) is 5.98. The van der Waals surface area contributed by atoms with Crippen molar-refractivity contribution in [3.63, 3.8) is 0 Å². The standard InChI is InChI=1S/C23H23N3O4/c1-14-12-26(2)25-20(14)11-21(22(27)28)24-23(29)30-13-19-17-9-5-3-7-15(17)16-8-4-6-10-18(16)19/h3-10,12,19,21H,11,13H2,1-2H3,(H,24,29)(H,27,28). The van der Waals surface area contributed by atoms with Crippen LogP contribution in [0.1, 0.15) is 28.3 Å². The number of benzene rings is 2. The number of nitrogens with zero attached hydrogens (tertiary/aromatic N) is 2. The van der Waals surface area contributed by atoms with Gasteiger partial charge in [0, 0.05) is 25.6 Å². The van der Waals surface area contributed by atoms with Gasteiger partial charge in [-0.05, 0) is 34.7 Å². The number of aromatic nitrogens is 2. The molecule has 30 heavy (non-hydrogen) atoms. The molecular weight excluding hydrogens is 382 g/mol. The zero-order valence-electron chi connectivity index (χ0n) is 16.8. The number of alkyl carbamates (subject to hydrolysis) is 1. The molecule has 0 saturated carbocycles. The highest BCUT2D eigenvalue weighted by Crippen LogP contribution is 2.44. The second-order valence-corrected chi connectivity index (χ2v) is 7.50. The number of hydrogen-bond donors (Lipinski definition) is 2. The van der Waals surface area contributed by atoms with Gasteiger partial charge in [-0.1, -0.05) is 48.5 Å². The summed E-state index contributed by atoms with van der Waals surface area (Å²) in [5.74, 6) is -1.21. The lowest BCUT2D eigenvalue weighted by atomic mass is 9.98. The van der Waals surface area contributed by atoms with Gasteiger partial charge >= 0.3 is 12.1 Å². The van der Waals surface area contributed by atoms with Crippen molar-refractivity contribution >= 4 is 12.1 Å². The summed E-state index contributed by atoms with van der Waals surface area (Å²) in [6.07, 6.45) is 1.14. The van der Waals surface area contributed by atoms with Crippen LogP contribution >= 0.6 is 0 Å². The molecule has 1 aliphatic carbocycles. The van der Waals surface area contributed by atoms with Gasteiger partial charge in [-0.2, -0.15) is 5.10 Å². The van der Waals surface area contributed by atoms with E-state index in [-0.39, 0.29) is 18.9 Å². The number of fused-ring (bicyclic) bond motifs is 3. The summed E-state index contributed by atoms with van der Waals surface area (Å²) in [7, 11) is 1.77. The number of carboxylic acids is 1. The van der Waals surface area contributed by atoms with Crippen LogP contribution in [0.4, 0.5) is 4.79 Å². The van der Waals surface area contributed by atoms with E-state index in [1.165, 1.54) is 0 Å². The minimum absolute atomic E-state index is 0.0792. The first-order valence-corrected chi connectivity index (χ1v) is 9.77. The number of carbonyl (C=O) groups is 2. The van der Waals surface area contributed by atoms with Gasteiger partial charge in [0.25, 0.3) is 0 Å².